The van der Waals surface area contributed by atoms with Gasteiger partial charge in [0.2, 0.25) is 0 Å². The number of rotatable bonds is 6. The van der Waals surface area contributed by atoms with Crippen LogP contribution in [0.15, 0.2) is 224 Å². The maximum Gasteiger partial charge on any atom is 0.0742 e. The van der Waals surface area contributed by atoms with E-state index in [4.69, 9.17) is 0 Å². The average Bonchev–Trinajstić information content (AvgIpc) is 3.67. The zero-order valence-corrected chi connectivity index (χ0v) is 32.0. The zero-order chi connectivity index (χ0) is 37.8. The van der Waals surface area contributed by atoms with E-state index in [-0.39, 0.29) is 0 Å². The fraction of sp³-hybridized carbons (Fsp3) is 0.0182. The van der Waals surface area contributed by atoms with Crippen molar-refractivity contribution in [3.05, 3.63) is 247 Å². The van der Waals surface area contributed by atoms with Gasteiger partial charge in [-0.1, -0.05) is 170 Å². The molecule has 2 heteroatoms. The Morgan fingerprint density at radius 2 is 0.737 bits per heavy atom. The maximum atomic E-state index is 2.48. The monoisotopic (exact) mass is 743 g/mol. The summed E-state index contributed by atoms with van der Waals surface area (Å²) in [6.07, 6.45) is 0. The van der Waals surface area contributed by atoms with E-state index in [9.17, 15) is 0 Å². The highest BCUT2D eigenvalue weighted by Gasteiger charge is 2.47. The fourth-order valence-corrected chi connectivity index (χ4v) is 10.2. The van der Waals surface area contributed by atoms with Gasteiger partial charge in [-0.15, -0.1) is 11.3 Å². The third kappa shape index (κ3) is 5.44. The molecule has 57 heavy (non-hydrogen) atoms. The first-order valence-corrected chi connectivity index (χ1v) is 20.4. The lowest BCUT2D eigenvalue weighted by atomic mass is 9.62. The lowest BCUT2D eigenvalue weighted by molar-refractivity contribution is 0.732. The zero-order valence-electron chi connectivity index (χ0n) is 31.2. The number of hydrogen-bond donors (Lipinski definition) is 0. The molecule has 0 atom stereocenters. The molecule has 1 aliphatic rings. The van der Waals surface area contributed by atoms with Crippen molar-refractivity contribution in [2.75, 3.05) is 4.90 Å². The summed E-state index contributed by atoms with van der Waals surface area (Å²) < 4.78 is 2.65. The fourth-order valence-electron chi connectivity index (χ4n) is 9.11. The maximum absolute atomic E-state index is 2.48. The van der Waals surface area contributed by atoms with E-state index in [1.54, 1.807) is 0 Å². The molecule has 0 spiro atoms. The highest BCUT2D eigenvalue weighted by atomic mass is 32.1. The van der Waals surface area contributed by atoms with Gasteiger partial charge in [0.25, 0.3) is 0 Å². The number of thiophene rings is 1. The standard InChI is InChI=1S/C55H37NS/c1-5-15-38(16-6-1)42-27-32-51-49(36-42)55(44-19-9-3-10-20-44,45-21-11-4-12-22-45)50-37-43(39-17-7-2-8-18-39)28-33-52(50)56(51)46-30-25-40(26-31-46)41-29-34-54-48(35-41)47-23-13-14-24-53(47)57-54/h1-37H. The Labute approximate surface area is 337 Å². The summed E-state index contributed by atoms with van der Waals surface area (Å²) >= 11 is 1.86. The molecular formula is C55H37NS. The van der Waals surface area contributed by atoms with Crippen LogP contribution in [0.2, 0.25) is 0 Å². The lowest BCUT2D eigenvalue weighted by Crippen LogP contribution is -2.37. The van der Waals surface area contributed by atoms with Crippen molar-refractivity contribution in [1.82, 2.24) is 0 Å². The van der Waals surface area contributed by atoms with Gasteiger partial charge in [0, 0.05) is 25.9 Å². The summed E-state index contributed by atoms with van der Waals surface area (Å²) in [6, 6.07) is 82.7. The van der Waals surface area contributed by atoms with Gasteiger partial charge < -0.3 is 4.90 Å². The number of anilines is 3. The van der Waals surface area contributed by atoms with E-state index in [1.165, 1.54) is 87.2 Å². The topological polar surface area (TPSA) is 3.24 Å². The van der Waals surface area contributed by atoms with Crippen molar-refractivity contribution < 1.29 is 0 Å². The number of fused-ring (bicyclic) bond motifs is 5. The summed E-state index contributed by atoms with van der Waals surface area (Å²) in [4.78, 5) is 2.48. The van der Waals surface area contributed by atoms with Gasteiger partial charge in [-0.25, -0.2) is 0 Å². The van der Waals surface area contributed by atoms with Gasteiger partial charge in [0.05, 0.1) is 16.8 Å². The first kappa shape index (κ1) is 33.3. The predicted molar refractivity (Wildman–Crippen MR) is 242 cm³/mol. The molecule has 0 amide bonds. The first-order valence-electron chi connectivity index (χ1n) is 19.6. The smallest absolute Gasteiger partial charge is 0.0742 e. The molecule has 0 fully saturated rings. The summed E-state index contributed by atoms with van der Waals surface area (Å²) in [5.74, 6) is 0. The van der Waals surface area contributed by atoms with E-state index in [1.807, 2.05) is 11.3 Å². The summed E-state index contributed by atoms with van der Waals surface area (Å²) in [6.45, 7) is 0. The van der Waals surface area contributed by atoms with Crippen molar-refractivity contribution in [2.24, 2.45) is 0 Å². The Bertz CT molecular complexity index is 2910. The molecule has 0 radical (unpaired) electrons. The largest absolute Gasteiger partial charge is 0.310 e. The second-order valence-electron chi connectivity index (χ2n) is 14.9. The molecule has 1 nitrogen and oxygen atoms in total. The second-order valence-corrected chi connectivity index (χ2v) is 16.0. The predicted octanol–water partition coefficient (Wildman–Crippen LogP) is 15.2. The summed E-state index contributed by atoms with van der Waals surface area (Å²) in [5, 5.41) is 2.64. The van der Waals surface area contributed by atoms with Crippen LogP contribution in [0.4, 0.5) is 17.1 Å². The Balaban J connectivity index is 1.16. The van der Waals surface area contributed by atoms with Crippen LogP contribution < -0.4 is 4.90 Å². The Morgan fingerprint density at radius 1 is 0.316 bits per heavy atom. The highest BCUT2D eigenvalue weighted by Crippen LogP contribution is 2.59. The van der Waals surface area contributed by atoms with Gasteiger partial charge in [-0.3, -0.25) is 0 Å². The minimum atomic E-state index is -0.613. The molecule has 1 aliphatic heterocycles. The van der Waals surface area contributed by atoms with Crippen LogP contribution in [0.5, 0.6) is 0 Å². The molecule has 0 saturated heterocycles. The van der Waals surface area contributed by atoms with Crippen LogP contribution in [0.1, 0.15) is 22.3 Å². The van der Waals surface area contributed by atoms with Gasteiger partial charge >= 0.3 is 0 Å². The molecule has 1 aromatic heterocycles. The molecular weight excluding hydrogens is 707 g/mol. The van der Waals surface area contributed by atoms with Gasteiger partial charge in [0.15, 0.2) is 0 Å². The molecule has 0 aliphatic carbocycles. The minimum absolute atomic E-state index is 0.613. The Hall–Kier alpha value is -7.00. The molecule has 9 aromatic carbocycles. The quantitative estimate of drug-likeness (QED) is 0.164. The highest BCUT2D eigenvalue weighted by molar-refractivity contribution is 7.25. The molecule has 0 saturated carbocycles. The second kappa shape index (κ2) is 13.6. The molecule has 10 aromatic rings. The SMILES string of the molecule is c1ccc(-c2ccc3c(c2)C(c2ccccc2)(c2ccccc2)c2cc(-c4ccccc4)ccc2N3c2ccc(-c3ccc4sc5ccccc5c4c3)cc2)cc1. The number of nitrogens with zero attached hydrogens (tertiary/aromatic N) is 1. The van der Waals surface area contributed by atoms with Crippen LogP contribution in [-0.2, 0) is 5.41 Å². The molecule has 11 rings (SSSR count). The van der Waals surface area contributed by atoms with Crippen molar-refractivity contribution >= 4 is 48.6 Å². The Kier molecular flexibility index (Phi) is 7.98. The summed E-state index contributed by atoms with van der Waals surface area (Å²) in [7, 11) is 0. The average molecular weight is 744 g/mol. The molecule has 2 heterocycles. The number of benzene rings is 9. The number of hydrogen-bond acceptors (Lipinski definition) is 2. The minimum Gasteiger partial charge on any atom is -0.310 e. The van der Waals surface area contributed by atoms with Crippen LogP contribution in [0.25, 0.3) is 53.6 Å². The third-order valence-corrected chi connectivity index (χ3v) is 12.9. The van der Waals surface area contributed by atoms with Gasteiger partial charge in [0.1, 0.15) is 0 Å². The van der Waals surface area contributed by atoms with E-state index in [2.05, 4.69) is 229 Å². The first-order chi connectivity index (χ1) is 28.3. The Morgan fingerprint density at radius 3 is 1.30 bits per heavy atom. The van der Waals surface area contributed by atoms with Gasteiger partial charge in [-0.05, 0) is 110 Å². The van der Waals surface area contributed by atoms with Crippen LogP contribution in [-0.4, -0.2) is 0 Å². The van der Waals surface area contributed by atoms with E-state index < -0.39 is 5.41 Å². The molecule has 0 N–H and O–H groups in total. The molecule has 0 bridgehead atoms. The van der Waals surface area contributed by atoms with Crippen LogP contribution in [0, 0.1) is 0 Å². The van der Waals surface area contributed by atoms with Crippen molar-refractivity contribution in [3.63, 3.8) is 0 Å². The normalized spacial score (nSPS) is 13.0. The lowest BCUT2D eigenvalue weighted by Gasteiger charge is -2.47. The van der Waals surface area contributed by atoms with Crippen LogP contribution >= 0.6 is 11.3 Å². The van der Waals surface area contributed by atoms with E-state index >= 15 is 0 Å². The van der Waals surface area contributed by atoms with Crippen molar-refractivity contribution in [1.29, 1.82) is 0 Å². The van der Waals surface area contributed by atoms with E-state index in [0.29, 0.717) is 0 Å². The van der Waals surface area contributed by atoms with Crippen molar-refractivity contribution in [3.8, 4) is 33.4 Å². The summed E-state index contributed by atoms with van der Waals surface area (Å²) in [5.41, 5.74) is 15.0. The van der Waals surface area contributed by atoms with Crippen molar-refractivity contribution in [2.45, 2.75) is 5.41 Å². The molecule has 0 unspecified atom stereocenters. The molecule has 268 valence electrons. The third-order valence-electron chi connectivity index (χ3n) is 11.7. The van der Waals surface area contributed by atoms with Crippen LogP contribution in [0.3, 0.4) is 0 Å². The van der Waals surface area contributed by atoms with Gasteiger partial charge in [-0.2, -0.15) is 0 Å². The van der Waals surface area contributed by atoms with E-state index in [0.717, 1.165) is 5.69 Å².